The molecule has 0 N–H and O–H groups in total. The number of alkyl halides is 1. The van der Waals surface area contributed by atoms with Crippen LogP contribution in [0.15, 0.2) is 0 Å². The van der Waals surface area contributed by atoms with Gasteiger partial charge in [-0.2, -0.15) is 0 Å². The average molecular weight is 253 g/mol. The fraction of sp³-hybridized carbons (Fsp3) is 0.750. The summed E-state index contributed by atoms with van der Waals surface area (Å²) in [5, 5.41) is 0. The highest BCUT2D eigenvalue weighted by Gasteiger charge is 2.17. The average Bonchev–Trinajstić information content (AvgIpc) is 1.99. The second-order valence-corrected chi connectivity index (χ2v) is 5.28. The normalized spacial score (nSPS) is 10.8. The van der Waals surface area contributed by atoms with Crippen LogP contribution in [-0.4, -0.2) is 30.0 Å². The zero-order valence-electron chi connectivity index (χ0n) is 7.93. The summed E-state index contributed by atoms with van der Waals surface area (Å²) in [4.78, 5) is 21.5. The van der Waals surface area contributed by atoms with Crippen molar-refractivity contribution in [3.8, 4) is 0 Å². The predicted octanol–water partition coefficient (Wildman–Crippen LogP) is 1.27. The highest BCUT2D eigenvalue weighted by Crippen LogP contribution is 2.15. The van der Waals surface area contributed by atoms with Gasteiger partial charge in [0.25, 0.3) is 0 Å². The first-order valence-corrected chi connectivity index (χ1v) is 4.56. The maximum Gasteiger partial charge on any atom is 0.317 e. The number of carbonyl (C=O) groups is 2. The molecule has 0 aliphatic heterocycles. The largest absolute Gasteiger partial charge is 0.469 e. The third kappa shape index (κ3) is 7.77. The monoisotopic (exact) mass is 252 g/mol. The molecule has 0 aliphatic rings. The van der Waals surface area contributed by atoms with Crippen molar-refractivity contribution in [2.75, 3.05) is 13.7 Å². The molecule has 0 unspecified atom stereocenters. The summed E-state index contributed by atoms with van der Waals surface area (Å²) in [5.41, 5.74) is 0. The van der Waals surface area contributed by atoms with Gasteiger partial charge in [0.05, 0.1) is 11.4 Å². The zero-order valence-corrected chi connectivity index (χ0v) is 9.51. The van der Waals surface area contributed by atoms with Gasteiger partial charge in [-0.05, 0) is 13.8 Å². The predicted molar refractivity (Wildman–Crippen MR) is 50.6 cm³/mol. The van der Waals surface area contributed by atoms with Gasteiger partial charge in [-0.1, -0.05) is 15.9 Å². The third-order valence-electron chi connectivity index (χ3n) is 1.09. The number of rotatable bonds is 4. The van der Waals surface area contributed by atoms with Crippen LogP contribution in [0.5, 0.6) is 0 Å². The number of esters is 2. The van der Waals surface area contributed by atoms with Crippen LogP contribution in [0.25, 0.3) is 0 Å². The quantitative estimate of drug-likeness (QED) is 0.430. The summed E-state index contributed by atoms with van der Waals surface area (Å²) in [7, 11) is 1.23. The molecule has 0 saturated heterocycles. The highest BCUT2D eigenvalue weighted by atomic mass is 79.9. The molecule has 0 saturated carbocycles. The minimum Gasteiger partial charge on any atom is -0.469 e. The van der Waals surface area contributed by atoms with Crippen molar-refractivity contribution < 1.29 is 19.1 Å². The van der Waals surface area contributed by atoms with Gasteiger partial charge >= 0.3 is 11.9 Å². The molecular formula is C8H13BrO4. The van der Waals surface area contributed by atoms with Gasteiger partial charge in [-0.3, -0.25) is 9.59 Å². The summed E-state index contributed by atoms with van der Waals surface area (Å²) in [6.07, 6.45) is -0.334. The van der Waals surface area contributed by atoms with E-state index in [1.54, 1.807) is 0 Å². The molecule has 76 valence electrons. The molecule has 0 bridgehead atoms. The van der Waals surface area contributed by atoms with E-state index in [9.17, 15) is 9.59 Å². The summed E-state index contributed by atoms with van der Waals surface area (Å²) < 4.78 is 8.83. The van der Waals surface area contributed by atoms with E-state index in [-0.39, 0.29) is 17.4 Å². The van der Waals surface area contributed by atoms with Gasteiger partial charge in [0.1, 0.15) is 13.0 Å². The number of ether oxygens (including phenoxy) is 2. The second-order valence-electron chi connectivity index (χ2n) is 3.13. The number of hydrogen-bond donors (Lipinski definition) is 0. The fourth-order valence-corrected chi connectivity index (χ4v) is 0.608. The van der Waals surface area contributed by atoms with Gasteiger partial charge in [-0.25, -0.2) is 0 Å². The topological polar surface area (TPSA) is 52.6 Å². The first-order chi connectivity index (χ1) is 5.85. The molecule has 13 heavy (non-hydrogen) atoms. The molecule has 0 aromatic carbocycles. The number of methoxy groups -OCH3 is 1. The van der Waals surface area contributed by atoms with E-state index < -0.39 is 11.9 Å². The van der Waals surface area contributed by atoms with E-state index >= 15 is 0 Å². The summed E-state index contributed by atoms with van der Waals surface area (Å²) in [6.45, 7) is 3.94. The van der Waals surface area contributed by atoms with E-state index in [4.69, 9.17) is 4.74 Å². The van der Waals surface area contributed by atoms with Crippen LogP contribution in [0.4, 0.5) is 0 Å². The van der Waals surface area contributed by atoms with Crippen LogP contribution in [-0.2, 0) is 19.1 Å². The van der Waals surface area contributed by atoms with Gasteiger partial charge in [-0.15, -0.1) is 0 Å². The summed E-state index contributed by atoms with van der Waals surface area (Å²) in [6, 6.07) is 0. The van der Waals surface area contributed by atoms with E-state index in [1.807, 2.05) is 13.8 Å². The minimum atomic E-state index is -0.586. The van der Waals surface area contributed by atoms with Gasteiger partial charge in [0.15, 0.2) is 0 Å². The Kier molecular flexibility index (Phi) is 4.98. The fourth-order valence-electron chi connectivity index (χ4n) is 0.493. The van der Waals surface area contributed by atoms with Crippen LogP contribution in [0.1, 0.15) is 20.3 Å². The number of carbonyl (C=O) groups excluding carboxylic acids is 2. The van der Waals surface area contributed by atoms with Crippen LogP contribution >= 0.6 is 15.9 Å². The lowest BCUT2D eigenvalue weighted by atomic mass is 10.2. The SMILES string of the molecule is COC(=O)CC(=O)OCC(C)(C)Br. The Morgan fingerprint density at radius 2 is 1.85 bits per heavy atom. The second kappa shape index (κ2) is 5.21. The molecule has 0 atom stereocenters. The van der Waals surface area contributed by atoms with Crippen molar-refractivity contribution >= 4 is 27.9 Å². The van der Waals surface area contributed by atoms with Gasteiger partial charge < -0.3 is 9.47 Å². The molecule has 0 fully saturated rings. The van der Waals surface area contributed by atoms with Crippen molar-refractivity contribution in [2.45, 2.75) is 24.6 Å². The number of halogens is 1. The van der Waals surface area contributed by atoms with Gasteiger partial charge in [0.2, 0.25) is 0 Å². The Labute approximate surface area is 85.7 Å². The lowest BCUT2D eigenvalue weighted by molar-refractivity contribution is -0.153. The Balaban J connectivity index is 3.70. The van der Waals surface area contributed by atoms with Crippen LogP contribution in [0, 0.1) is 0 Å². The minimum absolute atomic E-state index is 0.225. The molecule has 0 aliphatic carbocycles. The lowest BCUT2D eigenvalue weighted by Crippen LogP contribution is -2.22. The molecular weight excluding hydrogens is 240 g/mol. The summed E-state index contributed by atoms with van der Waals surface area (Å²) >= 11 is 3.30. The standard InChI is InChI=1S/C8H13BrO4/c1-8(2,9)5-13-7(11)4-6(10)12-3/h4-5H2,1-3H3. The first kappa shape index (κ1) is 12.4. The molecule has 0 aromatic heterocycles. The molecule has 0 aromatic rings. The van der Waals surface area contributed by atoms with Crippen molar-refractivity contribution in [3.05, 3.63) is 0 Å². The maximum atomic E-state index is 10.9. The molecule has 5 heteroatoms. The van der Waals surface area contributed by atoms with Crippen molar-refractivity contribution in [1.82, 2.24) is 0 Å². The van der Waals surface area contributed by atoms with E-state index in [2.05, 4.69) is 20.7 Å². The van der Waals surface area contributed by atoms with E-state index in [1.165, 1.54) is 7.11 Å². The van der Waals surface area contributed by atoms with Crippen molar-refractivity contribution in [3.63, 3.8) is 0 Å². The molecule has 0 heterocycles. The third-order valence-corrected chi connectivity index (χ3v) is 1.32. The Morgan fingerprint density at radius 1 is 1.31 bits per heavy atom. The smallest absolute Gasteiger partial charge is 0.317 e. The molecule has 0 spiro atoms. The lowest BCUT2D eigenvalue weighted by Gasteiger charge is -2.15. The van der Waals surface area contributed by atoms with E-state index in [0.717, 1.165) is 0 Å². The summed E-state index contributed by atoms with van der Waals surface area (Å²) in [5.74, 6) is -1.16. The van der Waals surface area contributed by atoms with Crippen LogP contribution < -0.4 is 0 Å². The van der Waals surface area contributed by atoms with Gasteiger partial charge in [0, 0.05) is 0 Å². The Morgan fingerprint density at radius 3 is 2.23 bits per heavy atom. The van der Waals surface area contributed by atoms with E-state index in [0.29, 0.717) is 0 Å². The molecule has 0 rings (SSSR count). The van der Waals surface area contributed by atoms with Crippen LogP contribution in [0.2, 0.25) is 0 Å². The Hall–Kier alpha value is -0.580. The zero-order chi connectivity index (χ0) is 10.5. The van der Waals surface area contributed by atoms with Crippen molar-refractivity contribution in [2.24, 2.45) is 0 Å². The van der Waals surface area contributed by atoms with Crippen molar-refractivity contribution in [1.29, 1.82) is 0 Å². The Bertz CT molecular complexity index is 195. The number of hydrogen-bond acceptors (Lipinski definition) is 4. The maximum absolute atomic E-state index is 10.9. The molecule has 0 amide bonds. The molecule has 0 radical (unpaired) electrons. The highest BCUT2D eigenvalue weighted by molar-refractivity contribution is 9.10. The van der Waals surface area contributed by atoms with Crippen LogP contribution in [0.3, 0.4) is 0 Å². The molecule has 4 nitrogen and oxygen atoms in total. The first-order valence-electron chi connectivity index (χ1n) is 3.76.